The van der Waals surface area contributed by atoms with Gasteiger partial charge in [0.2, 0.25) is 0 Å². The van der Waals surface area contributed by atoms with E-state index in [0.717, 1.165) is 26.2 Å². The third-order valence-corrected chi connectivity index (χ3v) is 4.45. The average Bonchev–Trinajstić information content (AvgIpc) is 2.90. The number of carbonyl (C=O) groups excluding carboxylic acids is 1. The first kappa shape index (κ1) is 16.1. The van der Waals surface area contributed by atoms with Gasteiger partial charge < -0.3 is 14.5 Å². The summed E-state index contributed by atoms with van der Waals surface area (Å²) in [6.45, 7) is 11.3. The van der Waals surface area contributed by atoms with Crippen LogP contribution in [0.2, 0.25) is 0 Å². The fraction of sp³-hybridized carbons (Fsp3) is 0.611. The Balaban J connectivity index is 1.75. The first-order valence-electron chi connectivity index (χ1n) is 8.36. The zero-order valence-corrected chi connectivity index (χ0v) is 14.6. The highest BCUT2D eigenvalue weighted by Crippen LogP contribution is 2.33. The molecule has 0 unspecified atom stereocenters. The summed E-state index contributed by atoms with van der Waals surface area (Å²) >= 11 is 0. The van der Waals surface area contributed by atoms with Gasteiger partial charge in [-0.1, -0.05) is 12.1 Å². The van der Waals surface area contributed by atoms with E-state index in [1.54, 1.807) is 4.90 Å². The number of carbonyl (C=O) groups is 1. The molecule has 1 aromatic rings. The average molecular weight is 317 g/mol. The summed E-state index contributed by atoms with van der Waals surface area (Å²) in [5.74, 6) is 0. The number of hydrogen-bond donors (Lipinski definition) is 0. The highest BCUT2D eigenvalue weighted by molar-refractivity contribution is 5.71. The van der Waals surface area contributed by atoms with Gasteiger partial charge in [0.25, 0.3) is 0 Å². The van der Waals surface area contributed by atoms with Crippen molar-refractivity contribution in [2.45, 2.75) is 39.5 Å². The van der Waals surface area contributed by atoms with Gasteiger partial charge >= 0.3 is 6.09 Å². The Kier molecular flexibility index (Phi) is 4.23. The summed E-state index contributed by atoms with van der Waals surface area (Å²) in [6, 6.07) is 6.41. The smallest absolute Gasteiger partial charge is 0.410 e. The molecule has 1 aromatic carbocycles. The van der Waals surface area contributed by atoms with Gasteiger partial charge in [-0.3, -0.25) is 4.90 Å². The molecule has 126 valence electrons. The highest BCUT2D eigenvalue weighted by atomic mass is 16.6. The van der Waals surface area contributed by atoms with E-state index in [2.05, 4.69) is 35.0 Å². The van der Waals surface area contributed by atoms with Crippen molar-refractivity contribution in [3.63, 3.8) is 0 Å². The van der Waals surface area contributed by atoms with Gasteiger partial charge in [0.1, 0.15) is 5.60 Å². The molecular formula is C18H27N3O2. The SMILES string of the molecule is CN1CCN(c2cccc3c2CN(C(=O)OC(C)(C)C)C3)CC1. The fourth-order valence-electron chi connectivity index (χ4n) is 3.20. The van der Waals surface area contributed by atoms with Crippen LogP contribution in [0.25, 0.3) is 0 Å². The van der Waals surface area contributed by atoms with Crippen molar-refractivity contribution < 1.29 is 9.53 Å². The second kappa shape index (κ2) is 6.04. The maximum absolute atomic E-state index is 12.3. The molecule has 1 amide bonds. The number of amides is 1. The van der Waals surface area contributed by atoms with Crippen LogP contribution >= 0.6 is 0 Å². The quantitative estimate of drug-likeness (QED) is 0.798. The molecule has 2 aliphatic heterocycles. The van der Waals surface area contributed by atoms with E-state index in [4.69, 9.17) is 4.74 Å². The lowest BCUT2D eigenvalue weighted by Crippen LogP contribution is -2.44. The first-order valence-corrected chi connectivity index (χ1v) is 8.36. The van der Waals surface area contributed by atoms with Gasteiger partial charge in [-0.2, -0.15) is 0 Å². The van der Waals surface area contributed by atoms with Crippen molar-refractivity contribution >= 4 is 11.8 Å². The molecule has 1 saturated heterocycles. The lowest BCUT2D eigenvalue weighted by Gasteiger charge is -2.35. The summed E-state index contributed by atoms with van der Waals surface area (Å²) in [4.78, 5) is 18.9. The molecule has 23 heavy (non-hydrogen) atoms. The number of ether oxygens (including phenoxy) is 1. The van der Waals surface area contributed by atoms with Crippen molar-refractivity contribution in [1.82, 2.24) is 9.80 Å². The zero-order chi connectivity index (χ0) is 16.6. The van der Waals surface area contributed by atoms with E-state index in [0.29, 0.717) is 13.1 Å². The van der Waals surface area contributed by atoms with E-state index >= 15 is 0 Å². The van der Waals surface area contributed by atoms with Crippen LogP contribution in [0, 0.1) is 0 Å². The number of piperazine rings is 1. The number of nitrogens with zero attached hydrogens (tertiary/aromatic N) is 3. The van der Waals surface area contributed by atoms with Gasteiger partial charge in [0.15, 0.2) is 0 Å². The van der Waals surface area contributed by atoms with E-state index in [1.165, 1.54) is 16.8 Å². The topological polar surface area (TPSA) is 36.0 Å². The van der Waals surface area contributed by atoms with Crippen molar-refractivity contribution in [2.24, 2.45) is 0 Å². The standard InChI is InChI=1S/C18H27N3O2/c1-18(2,3)23-17(22)21-12-14-6-5-7-16(15(14)13-21)20-10-8-19(4)9-11-20/h5-7H,8-13H2,1-4H3. The van der Waals surface area contributed by atoms with Crippen LogP contribution in [0.3, 0.4) is 0 Å². The number of benzene rings is 1. The Morgan fingerprint density at radius 2 is 1.78 bits per heavy atom. The second-order valence-corrected chi connectivity index (χ2v) is 7.54. The van der Waals surface area contributed by atoms with Crippen LogP contribution in [-0.2, 0) is 17.8 Å². The van der Waals surface area contributed by atoms with E-state index in [1.807, 2.05) is 20.8 Å². The number of fused-ring (bicyclic) bond motifs is 1. The maximum atomic E-state index is 12.3. The second-order valence-electron chi connectivity index (χ2n) is 7.54. The normalized spacial score (nSPS) is 19.0. The van der Waals surface area contributed by atoms with E-state index in [9.17, 15) is 4.79 Å². The van der Waals surface area contributed by atoms with Crippen LogP contribution in [-0.4, -0.2) is 54.7 Å². The van der Waals surface area contributed by atoms with Crippen molar-refractivity contribution in [1.29, 1.82) is 0 Å². The third-order valence-electron chi connectivity index (χ3n) is 4.45. The lowest BCUT2D eigenvalue weighted by molar-refractivity contribution is 0.0242. The van der Waals surface area contributed by atoms with Gasteiger partial charge in [-0.05, 0) is 45.0 Å². The maximum Gasteiger partial charge on any atom is 0.410 e. The predicted molar refractivity (Wildman–Crippen MR) is 91.6 cm³/mol. The number of hydrogen-bond acceptors (Lipinski definition) is 4. The van der Waals surface area contributed by atoms with Crippen LogP contribution in [0.5, 0.6) is 0 Å². The summed E-state index contributed by atoms with van der Waals surface area (Å²) in [7, 11) is 2.16. The molecule has 3 rings (SSSR count). The van der Waals surface area contributed by atoms with Gasteiger partial charge in [0.05, 0.1) is 6.54 Å². The van der Waals surface area contributed by atoms with E-state index < -0.39 is 5.60 Å². The molecule has 1 fully saturated rings. The Morgan fingerprint density at radius 1 is 1.09 bits per heavy atom. The molecule has 0 radical (unpaired) electrons. The number of likely N-dealkylation sites (N-methyl/N-ethyl adjacent to an activating group) is 1. The van der Waals surface area contributed by atoms with Crippen molar-refractivity contribution in [3.8, 4) is 0 Å². The molecule has 5 heteroatoms. The van der Waals surface area contributed by atoms with Crippen LogP contribution < -0.4 is 4.90 Å². The molecule has 2 heterocycles. The zero-order valence-electron chi connectivity index (χ0n) is 14.6. The summed E-state index contributed by atoms with van der Waals surface area (Å²) in [6.07, 6.45) is -0.224. The fourth-order valence-corrected chi connectivity index (χ4v) is 3.20. The molecule has 5 nitrogen and oxygen atoms in total. The molecular weight excluding hydrogens is 290 g/mol. The first-order chi connectivity index (χ1) is 10.8. The molecule has 0 bridgehead atoms. The Labute approximate surface area is 138 Å². The minimum Gasteiger partial charge on any atom is -0.444 e. The Hall–Kier alpha value is -1.75. The van der Waals surface area contributed by atoms with Gasteiger partial charge in [-0.15, -0.1) is 0 Å². The monoisotopic (exact) mass is 317 g/mol. The lowest BCUT2D eigenvalue weighted by atomic mass is 10.1. The Morgan fingerprint density at radius 3 is 2.43 bits per heavy atom. The minimum atomic E-state index is -0.452. The molecule has 0 atom stereocenters. The molecule has 0 spiro atoms. The summed E-state index contributed by atoms with van der Waals surface area (Å²) in [5, 5.41) is 0. The summed E-state index contributed by atoms with van der Waals surface area (Å²) < 4.78 is 5.52. The number of anilines is 1. The van der Waals surface area contributed by atoms with E-state index in [-0.39, 0.29) is 6.09 Å². The number of rotatable bonds is 1. The van der Waals surface area contributed by atoms with Crippen LogP contribution in [0.1, 0.15) is 31.9 Å². The van der Waals surface area contributed by atoms with Crippen LogP contribution in [0.4, 0.5) is 10.5 Å². The molecule has 0 aliphatic carbocycles. The van der Waals surface area contributed by atoms with Gasteiger partial charge in [0, 0.05) is 38.4 Å². The highest BCUT2D eigenvalue weighted by Gasteiger charge is 2.30. The van der Waals surface area contributed by atoms with Crippen molar-refractivity contribution in [3.05, 3.63) is 29.3 Å². The third kappa shape index (κ3) is 3.61. The Bertz CT molecular complexity index is 586. The molecule has 0 saturated carbocycles. The molecule has 0 N–H and O–H groups in total. The summed E-state index contributed by atoms with van der Waals surface area (Å²) in [5.41, 5.74) is 3.35. The molecule has 2 aliphatic rings. The predicted octanol–water partition coefficient (Wildman–Crippen LogP) is 2.69. The van der Waals surface area contributed by atoms with Crippen LogP contribution in [0.15, 0.2) is 18.2 Å². The van der Waals surface area contributed by atoms with Crippen molar-refractivity contribution in [2.75, 3.05) is 38.1 Å². The largest absolute Gasteiger partial charge is 0.444 e. The molecule has 0 aromatic heterocycles. The minimum absolute atomic E-state index is 0.224. The van der Waals surface area contributed by atoms with Gasteiger partial charge in [-0.25, -0.2) is 4.79 Å².